The number of esters is 2. The van der Waals surface area contributed by atoms with Gasteiger partial charge in [-0.05, 0) is 0 Å². The van der Waals surface area contributed by atoms with Gasteiger partial charge in [0.1, 0.15) is 11.5 Å². The molecule has 2 aliphatic heterocycles. The number of hydrogen-bond donors (Lipinski definition) is 0. The Morgan fingerprint density at radius 2 is 0.958 bits per heavy atom. The van der Waals surface area contributed by atoms with Gasteiger partial charge in [0, 0.05) is 38.8 Å². The minimum atomic E-state index is -1.01. The molecule has 24 heavy (non-hydrogen) atoms. The van der Waals surface area contributed by atoms with Crippen LogP contribution in [0.3, 0.4) is 0 Å². The van der Waals surface area contributed by atoms with Crippen molar-refractivity contribution in [2.24, 2.45) is 0 Å². The molecule has 6 heteroatoms. The molecule has 6 nitrogen and oxygen atoms in total. The number of cyclic esters (lactones) is 2. The maximum absolute atomic E-state index is 11.6. The zero-order valence-corrected chi connectivity index (χ0v) is 13.9. The molecule has 1 aromatic carbocycles. The van der Waals surface area contributed by atoms with Crippen molar-refractivity contribution in [2.75, 3.05) is 0 Å². The van der Waals surface area contributed by atoms with Gasteiger partial charge in [-0.3, -0.25) is 0 Å². The molecule has 0 N–H and O–H groups in total. The van der Waals surface area contributed by atoms with Crippen molar-refractivity contribution in [3.63, 3.8) is 0 Å². The van der Waals surface area contributed by atoms with Gasteiger partial charge in [-0.15, -0.1) is 0 Å². The van der Waals surface area contributed by atoms with Crippen molar-refractivity contribution < 1.29 is 28.5 Å². The van der Waals surface area contributed by atoms with Crippen LogP contribution in [0.4, 0.5) is 0 Å². The zero-order chi connectivity index (χ0) is 17.5. The molecule has 0 aliphatic carbocycles. The average molecular weight is 330 g/mol. The lowest BCUT2D eigenvalue weighted by Crippen LogP contribution is -2.34. The largest absolute Gasteiger partial charge is 0.452 e. The Morgan fingerprint density at radius 3 is 1.25 bits per heavy atom. The maximum Gasteiger partial charge on any atom is 0.337 e. The predicted octanol–water partition coefficient (Wildman–Crippen LogP) is 2.99. The summed E-state index contributed by atoms with van der Waals surface area (Å²) in [4.78, 5) is 23.3. The normalized spacial score (nSPS) is 21.5. The van der Waals surface area contributed by atoms with Crippen molar-refractivity contribution in [1.82, 2.24) is 0 Å². The third kappa shape index (κ3) is 3.42. The van der Waals surface area contributed by atoms with E-state index in [1.54, 1.807) is 52.0 Å². The summed E-state index contributed by atoms with van der Waals surface area (Å²) in [5.74, 6) is -2.06. The van der Waals surface area contributed by atoms with Crippen LogP contribution in [0.15, 0.2) is 36.4 Å². The second-order valence-corrected chi connectivity index (χ2v) is 6.44. The van der Waals surface area contributed by atoms with Gasteiger partial charge < -0.3 is 18.9 Å². The summed E-state index contributed by atoms with van der Waals surface area (Å²) < 4.78 is 21.4. The molecule has 0 spiro atoms. The molecule has 0 atom stereocenters. The number of carbonyl (C=O) groups is 2. The predicted molar refractivity (Wildman–Crippen MR) is 84.9 cm³/mol. The first-order chi connectivity index (χ1) is 11.1. The van der Waals surface area contributed by atoms with Gasteiger partial charge in [-0.2, -0.15) is 0 Å². The van der Waals surface area contributed by atoms with E-state index < -0.39 is 23.5 Å². The van der Waals surface area contributed by atoms with Crippen LogP contribution in [0, 0.1) is 0 Å². The Bertz CT molecular complexity index is 687. The highest BCUT2D eigenvalue weighted by Gasteiger charge is 2.32. The van der Waals surface area contributed by atoms with E-state index in [-0.39, 0.29) is 0 Å². The summed E-state index contributed by atoms with van der Waals surface area (Å²) in [5.41, 5.74) is 1.45. The Kier molecular flexibility index (Phi) is 3.63. The molecule has 2 aliphatic rings. The molecule has 1 aromatic rings. The van der Waals surface area contributed by atoms with Gasteiger partial charge in [0.05, 0.1) is 12.2 Å². The lowest BCUT2D eigenvalue weighted by molar-refractivity contribution is -0.194. The molecule has 0 aromatic heterocycles. The SMILES string of the molecule is CC1(C)OC(=O)C=C(c2ccc(C3=CC(=O)OC(C)(C)O3)cc2)O1. The van der Waals surface area contributed by atoms with Gasteiger partial charge in [0.25, 0.3) is 0 Å². The van der Waals surface area contributed by atoms with Crippen molar-refractivity contribution in [3.05, 3.63) is 47.5 Å². The molecular formula is C18H18O6. The minimum absolute atomic E-state index is 0.432. The lowest BCUT2D eigenvalue weighted by Gasteiger charge is -2.31. The first-order valence-corrected chi connectivity index (χ1v) is 7.52. The summed E-state index contributed by atoms with van der Waals surface area (Å²) in [7, 11) is 0. The van der Waals surface area contributed by atoms with Gasteiger partial charge >= 0.3 is 11.9 Å². The highest BCUT2D eigenvalue weighted by atomic mass is 16.7. The van der Waals surface area contributed by atoms with Crippen LogP contribution in [0.25, 0.3) is 11.5 Å². The van der Waals surface area contributed by atoms with Crippen molar-refractivity contribution in [2.45, 2.75) is 39.3 Å². The molecular weight excluding hydrogens is 312 g/mol. The fraction of sp³-hybridized carbons (Fsp3) is 0.333. The summed E-state index contributed by atoms with van der Waals surface area (Å²) in [6.07, 6.45) is 2.61. The first kappa shape index (κ1) is 16.1. The Morgan fingerprint density at radius 1 is 0.625 bits per heavy atom. The van der Waals surface area contributed by atoms with Crippen LogP contribution in [0.1, 0.15) is 38.8 Å². The van der Waals surface area contributed by atoms with E-state index in [0.717, 1.165) is 11.1 Å². The molecule has 0 radical (unpaired) electrons. The molecule has 126 valence electrons. The van der Waals surface area contributed by atoms with Crippen LogP contribution in [-0.2, 0) is 28.5 Å². The van der Waals surface area contributed by atoms with E-state index in [9.17, 15) is 9.59 Å². The topological polar surface area (TPSA) is 71.1 Å². The molecule has 0 bridgehead atoms. The molecule has 0 saturated carbocycles. The molecule has 3 rings (SSSR count). The van der Waals surface area contributed by atoms with E-state index in [4.69, 9.17) is 18.9 Å². The van der Waals surface area contributed by atoms with Crippen LogP contribution < -0.4 is 0 Å². The number of ether oxygens (including phenoxy) is 4. The second-order valence-electron chi connectivity index (χ2n) is 6.44. The molecule has 0 unspecified atom stereocenters. The average Bonchev–Trinajstić information content (AvgIpc) is 2.43. The molecule has 2 heterocycles. The molecule has 0 saturated heterocycles. The summed E-state index contributed by atoms with van der Waals surface area (Å²) in [6.45, 7) is 6.67. The molecule has 0 fully saturated rings. The number of hydrogen-bond acceptors (Lipinski definition) is 6. The second kappa shape index (κ2) is 5.40. The smallest absolute Gasteiger partial charge is 0.337 e. The van der Waals surface area contributed by atoms with E-state index in [1.165, 1.54) is 12.2 Å². The van der Waals surface area contributed by atoms with E-state index in [0.29, 0.717) is 11.5 Å². The van der Waals surface area contributed by atoms with Gasteiger partial charge in [-0.25, -0.2) is 9.59 Å². The Labute approximate surface area is 139 Å². The summed E-state index contributed by atoms with van der Waals surface area (Å²) in [6, 6.07) is 7.14. The standard InChI is InChI=1S/C18H18O6/c1-17(2)21-13(9-15(19)23-17)11-5-7-12(8-6-11)14-10-16(20)24-18(3,4)22-14/h5-10H,1-4H3. The van der Waals surface area contributed by atoms with Crippen LogP contribution >= 0.6 is 0 Å². The molecule has 0 amide bonds. The monoisotopic (exact) mass is 330 g/mol. The van der Waals surface area contributed by atoms with E-state index >= 15 is 0 Å². The number of benzene rings is 1. The van der Waals surface area contributed by atoms with E-state index in [2.05, 4.69) is 0 Å². The van der Waals surface area contributed by atoms with Crippen molar-refractivity contribution in [3.8, 4) is 0 Å². The Hall–Kier alpha value is -2.76. The van der Waals surface area contributed by atoms with Crippen LogP contribution in [0.2, 0.25) is 0 Å². The van der Waals surface area contributed by atoms with Crippen LogP contribution in [0.5, 0.6) is 0 Å². The highest BCUT2D eigenvalue weighted by Crippen LogP contribution is 2.32. The maximum atomic E-state index is 11.6. The Balaban J connectivity index is 1.87. The lowest BCUT2D eigenvalue weighted by atomic mass is 10.1. The number of rotatable bonds is 2. The third-order valence-corrected chi connectivity index (χ3v) is 3.36. The quantitative estimate of drug-likeness (QED) is 0.776. The minimum Gasteiger partial charge on any atom is -0.452 e. The summed E-state index contributed by atoms with van der Waals surface area (Å²) in [5, 5.41) is 0. The number of carbonyl (C=O) groups excluding carboxylic acids is 2. The van der Waals surface area contributed by atoms with Gasteiger partial charge in [-0.1, -0.05) is 24.3 Å². The highest BCUT2D eigenvalue weighted by molar-refractivity contribution is 5.92. The fourth-order valence-electron chi connectivity index (χ4n) is 2.47. The first-order valence-electron chi connectivity index (χ1n) is 7.52. The van der Waals surface area contributed by atoms with Gasteiger partial charge in [0.15, 0.2) is 0 Å². The third-order valence-electron chi connectivity index (χ3n) is 3.36. The van der Waals surface area contributed by atoms with Crippen molar-refractivity contribution in [1.29, 1.82) is 0 Å². The van der Waals surface area contributed by atoms with Crippen LogP contribution in [-0.4, -0.2) is 23.5 Å². The zero-order valence-electron chi connectivity index (χ0n) is 13.9. The fourth-order valence-corrected chi connectivity index (χ4v) is 2.47. The van der Waals surface area contributed by atoms with E-state index in [1.807, 2.05) is 0 Å². The van der Waals surface area contributed by atoms with Gasteiger partial charge in [0.2, 0.25) is 11.6 Å². The summed E-state index contributed by atoms with van der Waals surface area (Å²) >= 11 is 0. The van der Waals surface area contributed by atoms with Crippen molar-refractivity contribution >= 4 is 23.5 Å².